The Morgan fingerprint density at radius 2 is 1.89 bits per heavy atom. The molecule has 0 unspecified atom stereocenters. The summed E-state index contributed by atoms with van der Waals surface area (Å²) < 4.78 is 57.1. The average molecular weight is 506 g/mol. The molecule has 0 atom stereocenters. The van der Waals surface area contributed by atoms with E-state index >= 15 is 0 Å². The molecular formula is C24H27F4N7O. The lowest BCUT2D eigenvalue weighted by Crippen LogP contribution is -2.18. The first-order valence-electron chi connectivity index (χ1n) is 11.6. The summed E-state index contributed by atoms with van der Waals surface area (Å²) in [5, 5.41) is 7.66. The predicted octanol–water partition coefficient (Wildman–Crippen LogP) is 5.58. The van der Waals surface area contributed by atoms with E-state index in [2.05, 4.69) is 36.1 Å². The molecule has 4 heterocycles. The molecule has 1 aliphatic rings. The highest BCUT2D eigenvalue weighted by Gasteiger charge is 2.36. The van der Waals surface area contributed by atoms with Crippen LogP contribution in [0.1, 0.15) is 42.7 Å². The van der Waals surface area contributed by atoms with Crippen molar-refractivity contribution in [1.82, 2.24) is 25.1 Å². The van der Waals surface area contributed by atoms with E-state index in [4.69, 9.17) is 4.52 Å². The van der Waals surface area contributed by atoms with E-state index < -0.39 is 18.4 Å². The average Bonchev–Trinajstić information content (AvgIpc) is 3.58. The van der Waals surface area contributed by atoms with Crippen LogP contribution in [0.3, 0.4) is 0 Å². The molecule has 0 saturated heterocycles. The maximum atomic E-state index is 13.8. The number of alkyl halides is 4. The highest BCUT2D eigenvalue weighted by Crippen LogP contribution is 2.39. The summed E-state index contributed by atoms with van der Waals surface area (Å²) in [6.45, 7) is 3.35. The molecule has 0 spiro atoms. The number of H-pyrrole nitrogens is 1. The molecule has 0 radical (unpaired) electrons. The largest absolute Gasteiger partial charge is 0.419 e. The van der Waals surface area contributed by atoms with Crippen LogP contribution in [-0.4, -0.2) is 44.4 Å². The number of halogens is 4. The fraction of sp³-hybridized carbons (Fsp3) is 0.417. The van der Waals surface area contributed by atoms with Gasteiger partial charge in [0.2, 0.25) is 5.95 Å². The van der Waals surface area contributed by atoms with E-state index in [0.29, 0.717) is 33.7 Å². The lowest BCUT2D eigenvalue weighted by molar-refractivity contribution is -0.137. The number of fused-ring (bicyclic) bond motifs is 1. The molecule has 0 aromatic carbocycles. The number of hydrogen-bond donors (Lipinski definition) is 3. The summed E-state index contributed by atoms with van der Waals surface area (Å²) in [7, 11) is 0. The maximum absolute atomic E-state index is 13.8. The van der Waals surface area contributed by atoms with Crippen LogP contribution in [0.2, 0.25) is 0 Å². The molecule has 5 rings (SSSR count). The quantitative estimate of drug-likeness (QED) is 0.303. The Balaban J connectivity index is 0.000000709. The molecule has 36 heavy (non-hydrogen) atoms. The Morgan fingerprint density at radius 3 is 2.50 bits per heavy atom. The number of aromatic nitrogens is 5. The minimum absolute atomic E-state index is 0.153. The van der Waals surface area contributed by atoms with Crippen molar-refractivity contribution in [3.8, 4) is 22.5 Å². The molecule has 4 aromatic heterocycles. The highest BCUT2D eigenvalue weighted by molar-refractivity contribution is 5.94. The van der Waals surface area contributed by atoms with Gasteiger partial charge in [0.25, 0.3) is 0 Å². The molecule has 0 amide bonds. The van der Waals surface area contributed by atoms with Gasteiger partial charge in [-0.1, -0.05) is 18.0 Å². The van der Waals surface area contributed by atoms with Gasteiger partial charge in [0.1, 0.15) is 23.6 Å². The van der Waals surface area contributed by atoms with E-state index in [-0.39, 0.29) is 24.2 Å². The van der Waals surface area contributed by atoms with E-state index in [1.54, 1.807) is 19.1 Å². The predicted molar refractivity (Wildman–Crippen MR) is 128 cm³/mol. The number of aromatic amines is 1. The van der Waals surface area contributed by atoms with Crippen LogP contribution in [0, 0.1) is 13.8 Å². The molecule has 4 N–H and O–H groups in total. The number of pyridine rings is 1. The first-order valence-corrected chi connectivity index (χ1v) is 11.6. The second-order valence-electron chi connectivity index (χ2n) is 8.55. The zero-order valence-electron chi connectivity index (χ0n) is 19.9. The number of hydrogen-bond acceptors (Lipinski definition) is 7. The second-order valence-corrected chi connectivity index (χ2v) is 8.55. The topological polar surface area (TPSA) is 119 Å². The number of aryl methyl sites for hydroxylation is 2. The first kappa shape index (κ1) is 25.5. The third kappa shape index (κ3) is 5.32. The third-order valence-electron chi connectivity index (χ3n) is 5.97. The molecule has 1 aliphatic carbocycles. The maximum Gasteiger partial charge on any atom is 0.419 e. The lowest BCUT2D eigenvalue weighted by Gasteiger charge is -2.15. The van der Waals surface area contributed by atoms with Crippen molar-refractivity contribution in [3.05, 3.63) is 41.5 Å². The van der Waals surface area contributed by atoms with Gasteiger partial charge in [0.15, 0.2) is 0 Å². The van der Waals surface area contributed by atoms with Gasteiger partial charge in [0.05, 0.1) is 22.6 Å². The Labute approximate surface area is 204 Å². The summed E-state index contributed by atoms with van der Waals surface area (Å²) in [5.74, 6) is 0.827. The molecular weight excluding hydrogens is 478 g/mol. The van der Waals surface area contributed by atoms with Crippen molar-refractivity contribution in [2.75, 3.05) is 18.5 Å². The third-order valence-corrected chi connectivity index (χ3v) is 5.97. The first-order chi connectivity index (χ1) is 17.2. The highest BCUT2D eigenvalue weighted by atomic mass is 19.4. The smallest absolute Gasteiger partial charge is 0.361 e. The summed E-state index contributed by atoms with van der Waals surface area (Å²) in [6, 6.07) is 3.67. The molecule has 4 aromatic rings. The van der Waals surface area contributed by atoms with Gasteiger partial charge in [-0.25, -0.2) is 19.3 Å². The summed E-state index contributed by atoms with van der Waals surface area (Å²) >= 11 is 0. The van der Waals surface area contributed by atoms with Crippen molar-refractivity contribution in [2.45, 2.75) is 51.7 Å². The van der Waals surface area contributed by atoms with Gasteiger partial charge in [-0.15, -0.1) is 0 Å². The molecule has 8 nitrogen and oxygen atoms in total. The number of anilines is 1. The van der Waals surface area contributed by atoms with Crippen LogP contribution in [0.25, 0.3) is 33.5 Å². The minimum Gasteiger partial charge on any atom is -0.361 e. The van der Waals surface area contributed by atoms with Gasteiger partial charge in [-0.3, -0.25) is 0 Å². The van der Waals surface area contributed by atoms with Crippen LogP contribution in [0.5, 0.6) is 0 Å². The Kier molecular flexibility index (Phi) is 7.53. The zero-order valence-corrected chi connectivity index (χ0v) is 19.9. The van der Waals surface area contributed by atoms with Gasteiger partial charge >= 0.3 is 6.18 Å². The van der Waals surface area contributed by atoms with Crippen molar-refractivity contribution in [3.63, 3.8) is 0 Å². The van der Waals surface area contributed by atoms with Gasteiger partial charge in [-0.05, 0) is 38.8 Å². The van der Waals surface area contributed by atoms with Gasteiger partial charge < -0.3 is 20.6 Å². The molecule has 192 valence electrons. The molecule has 1 saturated carbocycles. The Morgan fingerprint density at radius 1 is 1.17 bits per heavy atom. The van der Waals surface area contributed by atoms with Gasteiger partial charge in [0, 0.05) is 35.9 Å². The fourth-order valence-electron chi connectivity index (χ4n) is 4.31. The van der Waals surface area contributed by atoms with Crippen LogP contribution in [0.4, 0.5) is 23.5 Å². The van der Waals surface area contributed by atoms with Gasteiger partial charge in [-0.2, -0.15) is 13.2 Å². The van der Waals surface area contributed by atoms with Crippen LogP contribution in [0.15, 0.2) is 29.0 Å². The normalized spacial score (nSPS) is 14.2. The number of nitrogens with zero attached hydrogens (tertiary/aromatic N) is 4. The molecule has 0 bridgehead atoms. The van der Waals surface area contributed by atoms with Crippen LogP contribution < -0.4 is 11.1 Å². The van der Waals surface area contributed by atoms with E-state index in [1.165, 1.54) is 6.20 Å². The summed E-state index contributed by atoms with van der Waals surface area (Å²) in [6.07, 6.45) is 1.87. The van der Waals surface area contributed by atoms with Crippen molar-refractivity contribution >= 4 is 17.0 Å². The second kappa shape index (κ2) is 10.6. The van der Waals surface area contributed by atoms with E-state index in [9.17, 15) is 17.6 Å². The monoisotopic (exact) mass is 505 g/mol. The minimum atomic E-state index is -4.59. The van der Waals surface area contributed by atoms with Crippen LogP contribution in [-0.2, 0) is 6.18 Å². The number of rotatable bonds is 5. The summed E-state index contributed by atoms with van der Waals surface area (Å²) in [4.78, 5) is 15.8. The standard InChI is InChI=1S/C22H21F3N6O.C2H6FN/c1-11-18(12(2)32-31-11)17-8-7-14-15(9-26-20(14)29-17)19-16(22(23,24)25)10-27-21(30-19)28-13-5-3-4-6-13;3-1-2-4/h7-10,13H,3-6H2,1-2H3,(H,26,29)(H,27,28,30);1-2,4H2. The van der Waals surface area contributed by atoms with Crippen molar-refractivity contribution in [1.29, 1.82) is 0 Å². The van der Waals surface area contributed by atoms with E-state index in [0.717, 1.165) is 37.4 Å². The van der Waals surface area contributed by atoms with Crippen LogP contribution >= 0.6 is 0 Å². The Hall–Kier alpha value is -3.54. The molecule has 0 aliphatic heterocycles. The summed E-state index contributed by atoms with van der Waals surface area (Å²) in [5.41, 5.74) is 6.46. The zero-order chi connectivity index (χ0) is 25.9. The Bertz CT molecular complexity index is 1300. The van der Waals surface area contributed by atoms with Crippen molar-refractivity contribution in [2.24, 2.45) is 5.73 Å². The van der Waals surface area contributed by atoms with Crippen molar-refractivity contribution < 1.29 is 22.1 Å². The fourth-order valence-corrected chi connectivity index (χ4v) is 4.31. The van der Waals surface area contributed by atoms with E-state index in [1.807, 2.05) is 6.92 Å². The number of nitrogens with one attached hydrogen (secondary N) is 2. The lowest BCUT2D eigenvalue weighted by atomic mass is 10.1. The SMILES string of the molecule is Cc1noc(C)c1-c1ccc2c(-c3nc(NC4CCCC4)ncc3C(F)(F)F)c[nH]c2n1.NCCF. The molecule has 1 fully saturated rings. The number of nitrogens with two attached hydrogens (primary N) is 1. The molecule has 12 heteroatoms.